The number of para-hydroxylation sites is 1. The first-order chi connectivity index (χ1) is 32.4. The lowest BCUT2D eigenvalue weighted by Crippen LogP contribution is -2.61. The maximum atomic E-state index is 7.25. The highest BCUT2D eigenvalue weighted by Crippen LogP contribution is 2.61. The summed E-state index contributed by atoms with van der Waals surface area (Å²) in [4.78, 5) is 5.27. The van der Waals surface area contributed by atoms with Crippen LogP contribution in [0.3, 0.4) is 0 Å². The molecule has 8 aromatic rings. The van der Waals surface area contributed by atoms with Gasteiger partial charge >= 0.3 is 6.85 Å². The van der Waals surface area contributed by atoms with Gasteiger partial charge in [0, 0.05) is 44.5 Å². The standard InChI is InChI=1S/C65H69BN2O/c1-60(2,3)38-20-25-41(26-21-38)67-52-30-24-40(62(7,8)9)34-51(52)66-57-46(35-44-43-18-16-17-19-54(43)69-59(44)58(57)67)56-53(68(66)42-27-22-39(23-28-42)61(4,5)6)31-29-47-55(56)45-36-49-50(37-48(45)65(47,14)15)64(12,13)33-32-63(49,10)11/h16-31,34-37H,32-33H2,1-15H3. The minimum Gasteiger partial charge on any atom is -0.454 e. The van der Waals surface area contributed by atoms with Gasteiger partial charge in [-0.15, -0.1) is 0 Å². The van der Waals surface area contributed by atoms with Crippen LogP contribution in [-0.4, -0.2) is 6.85 Å². The van der Waals surface area contributed by atoms with Crippen LogP contribution in [0, 0.1) is 0 Å². The van der Waals surface area contributed by atoms with E-state index in [1.165, 1.54) is 102 Å². The maximum Gasteiger partial charge on any atom is 0.333 e. The molecule has 0 fully saturated rings. The molecule has 4 heteroatoms. The van der Waals surface area contributed by atoms with E-state index in [-0.39, 0.29) is 39.3 Å². The Hall–Kier alpha value is -6.00. The number of hydrogen-bond acceptors (Lipinski definition) is 3. The van der Waals surface area contributed by atoms with Gasteiger partial charge in [-0.3, -0.25) is 0 Å². The molecule has 69 heavy (non-hydrogen) atoms. The highest BCUT2D eigenvalue weighted by molar-refractivity contribution is 6.94. The zero-order valence-electron chi connectivity index (χ0n) is 43.8. The Labute approximate surface area is 412 Å². The lowest BCUT2D eigenvalue weighted by atomic mass is 9.43. The van der Waals surface area contributed by atoms with E-state index in [9.17, 15) is 0 Å². The summed E-state index contributed by atoms with van der Waals surface area (Å²) in [6.07, 6.45) is 2.37. The number of hydrogen-bond donors (Lipinski definition) is 0. The van der Waals surface area contributed by atoms with Crippen molar-refractivity contribution in [2.45, 2.75) is 149 Å². The lowest BCUT2D eigenvalue weighted by Gasteiger charge is -2.46. The molecule has 0 bridgehead atoms. The second-order valence-corrected chi connectivity index (χ2v) is 26.1. The van der Waals surface area contributed by atoms with Gasteiger partial charge < -0.3 is 14.1 Å². The molecule has 7 aromatic carbocycles. The molecule has 0 saturated carbocycles. The summed E-state index contributed by atoms with van der Waals surface area (Å²) in [5.74, 6) is 0. The summed E-state index contributed by atoms with van der Waals surface area (Å²) < 4.78 is 7.25. The number of fused-ring (bicyclic) bond motifs is 13. The SMILES string of the molecule is CC(C)(C)c1ccc(N2B3c4cc(C(C)(C)C)ccc4N(c4ccc(C(C)(C)C)cc4)c4c3c(cc3c4oc4ccccc43)-c3c2ccc2c3-c3cc4c(cc3C2(C)C)C(C)(C)CCC4(C)C)cc1. The fourth-order valence-electron chi connectivity index (χ4n) is 12.8. The molecule has 1 aromatic heterocycles. The molecule has 348 valence electrons. The van der Waals surface area contributed by atoms with E-state index in [2.05, 4.69) is 235 Å². The van der Waals surface area contributed by atoms with E-state index in [1.807, 2.05) is 0 Å². The van der Waals surface area contributed by atoms with E-state index < -0.39 is 0 Å². The highest BCUT2D eigenvalue weighted by atomic mass is 16.3. The molecule has 3 heterocycles. The average molecular weight is 905 g/mol. The molecule has 0 radical (unpaired) electrons. The third kappa shape index (κ3) is 6.32. The van der Waals surface area contributed by atoms with Crippen molar-refractivity contribution >= 4 is 68.1 Å². The van der Waals surface area contributed by atoms with Crippen LogP contribution >= 0.6 is 0 Å². The first kappa shape index (κ1) is 44.2. The maximum absolute atomic E-state index is 7.25. The van der Waals surface area contributed by atoms with Gasteiger partial charge in [0.2, 0.25) is 0 Å². The van der Waals surface area contributed by atoms with Crippen LogP contribution < -0.4 is 20.6 Å². The van der Waals surface area contributed by atoms with Crippen LogP contribution in [0.1, 0.15) is 156 Å². The van der Waals surface area contributed by atoms with Crippen LogP contribution in [0.2, 0.25) is 0 Å². The van der Waals surface area contributed by atoms with Gasteiger partial charge in [-0.1, -0.05) is 171 Å². The molecular weight excluding hydrogens is 836 g/mol. The summed E-state index contributed by atoms with van der Waals surface area (Å²) >= 11 is 0. The Balaban J connectivity index is 1.27. The Kier molecular flexibility index (Phi) is 9.03. The minimum atomic E-state index is -0.204. The summed E-state index contributed by atoms with van der Waals surface area (Å²) in [6.45, 7) is 35.6. The molecule has 0 saturated heterocycles. The van der Waals surface area contributed by atoms with Gasteiger partial charge in [-0.25, -0.2) is 0 Å². The van der Waals surface area contributed by atoms with Gasteiger partial charge in [0.25, 0.3) is 0 Å². The van der Waals surface area contributed by atoms with E-state index in [4.69, 9.17) is 4.42 Å². The Bertz CT molecular complexity index is 3470. The average Bonchev–Trinajstić information content (AvgIpc) is 3.77. The van der Waals surface area contributed by atoms with Crippen molar-refractivity contribution in [2.75, 3.05) is 9.71 Å². The van der Waals surface area contributed by atoms with Crippen LogP contribution in [0.15, 0.2) is 126 Å². The van der Waals surface area contributed by atoms with E-state index in [1.54, 1.807) is 0 Å². The molecule has 3 nitrogen and oxygen atoms in total. The van der Waals surface area contributed by atoms with Crippen LogP contribution in [0.5, 0.6) is 0 Å². The molecule has 0 atom stereocenters. The van der Waals surface area contributed by atoms with E-state index in [0.29, 0.717) is 0 Å². The third-order valence-electron chi connectivity index (χ3n) is 17.2. The molecule has 0 N–H and O–H groups in total. The van der Waals surface area contributed by atoms with Crippen molar-refractivity contribution < 1.29 is 4.42 Å². The van der Waals surface area contributed by atoms with Crippen LogP contribution in [0.4, 0.5) is 28.4 Å². The van der Waals surface area contributed by atoms with Crippen molar-refractivity contribution in [2.24, 2.45) is 0 Å². The Morgan fingerprint density at radius 1 is 0.493 bits per heavy atom. The van der Waals surface area contributed by atoms with Crippen molar-refractivity contribution in [1.82, 2.24) is 0 Å². The molecular formula is C65H69BN2O. The van der Waals surface area contributed by atoms with Gasteiger partial charge in [0.05, 0.1) is 5.69 Å². The topological polar surface area (TPSA) is 19.6 Å². The third-order valence-corrected chi connectivity index (χ3v) is 17.2. The monoisotopic (exact) mass is 905 g/mol. The van der Waals surface area contributed by atoms with Crippen molar-refractivity contribution in [3.05, 3.63) is 160 Å². The summed E-state index contributed by atoms with van der Waals surface area (Å²) in [6, 6.07) is 47.7. The number of rotatable bonds is 2. The summed E-state index contributed by atoms with van der Waals surface area (Å²) in [5, 5.41) is 2.30. The first-order valence-electron chi connectivity index (χ1n) is 25.7. The zero-order valence-corrected chi connectivity index (χ0v) is 43.8. The molecule has 2 aliphatic carbocycles. The lowest BCUT2D eigenvalue weighted by molar-refractivity contribution is 0.331. The van der Waals surface area contributed by atoms with E-state index >= 15 is 0 Å². The summed E-state index contributed by atoms with van der Waals surface area (Å²) in [7, 11) is 0. The normalized spacial score (nSPS) is 17.3. The van der Waals surface area contributed by atoms with Gasteiger partial charge in [0.15, 0.2) is 5.58 Å². The number of benzene rings is 7. The van der Waals surface area contributed by atoms with Crippen molar-refractivity contribution in [3.8, 4) is 22.3 Å². The molecule has 12 rings (SSSR count). The quantitative estimate of drug-likeness (QED) is 0.161. The number of nitrogens with zero attached hydrogens (tertiary/aromatic N) is 2. The van der Waals surface area contributed by atoms with Gasteiger partial charge in [0.1, 0.15) is 5.58 Å². The predicted molar refractivity (Wildman–Crippen MR) is 296 cm³/mol. The largest absolute Gasteiger partial charge is 0.454 e. The fraction of sp³-hybridized carbons (Fsp3) is 0.354. The zero-order chi connectivity index (χ0) is 48.7. The highest BCUT2D eigenvalue weighted by Gasteiger charge is 2.50. The smallest absolute Gasteiger partial charge is 0.333 e. The first-order valence-corrected chi connectivity index (χ1v) is 25.7. The predicted octanol–water partition coefficient (Wildman–Crippen LogP) is 16.8. The number of anilines is 5. The van der Waals surface area contributed by atoms with E-state index in [0.717, 1.165) is 33.3 Å². The molecule has 4 aliphatic rings. The second-order valence-electron chi connectivity index (χ2n) is 26.1. The second kappa shape index (κ2) is 14.1. The van der Waals surface area contributed by atoms with Crippen molar-refractivity contribution in [1.29, 1.82) is 0 Å². The van der Waals surface area contributed by atoms with Crippen LogP contribution in [-0.2, 0) is 32.5 Å². The molecule has 0 spiro atoms. The molecule has 0 amide bonds. The molecule has 0 unspecified atom stereocenters. The minimum absolute atomic E-state index is 0.0182. The fourth-order valence-corrected chi connectivity index (χ4v) is 12.8. The summed E-state index contributed by atoms with van der Waals surface area (Å²) in [5.41, 5.74) is 25.5. The van der Waals surface area contributed by atoms with Gasteiger partial charge in [-0.2, -0.15) is 0 Å². The van der Waals surface area contributed by atoms with Gasteiger partial charge in [-0.05, 0) is 161 Å². The Morgan fingerprint density at radius 2 is 1.06 bits per heavy atom. The van der Waals surface area contributed by atoms with Crippen LogP contribution in [0.25, 0.3) is 44.2 Å². The van der Waals surface area contributed by atoms with Crippen molar-refractivity contribution in [3.63, 3.8) is 0 Å². The Morgan fingerprint density at radius 3 is 1.68 bits per heavy atom. The molecule has 2 aliphatic heterocycles. The number of furan rings is 1.